The molecule has 0 aliphatic rings. The summed E-state index contributed by atoms with van der Waals surface area (Å²) in [5.41, 5.74) is -0.129. The van der Waals surface area contributed by atoms with Crippen LogP contribution < -0.4 is 5.32 Å². The first-order chi connectivity index (χ1) is 10.8. The molecule has 2 aromatic rings. The monoisotopic (exact) mass is 319 g/mol. The lowest BCUT2D eigenvalue weighted by Gasteiger charge is -2.11. The van der Waals surface area contributed by atoms with Crippen LogP contribution >= 0.6 is 0 Å². The van der Waals surface area contributed by atoms with E-state index in [9.17, 15) is 4.79 Å². The third-order valence-corrected chi connectivity index (χ3v) is 3.50. The van der Waals surface area contributed by atoms with Gasteiger partial charge in [-0.25, -0.2) is 0 Å². The number of hydrogen-bond acceptors (Lipinski definition) is 5. The van der Waals surface area contributed by atoms with Crippen molar-refractivity contribution in [1.29, 1.82) is 0 Å². The lowest BCUT2D eigenvalue weighted by atomic mass is 9.96. The number of hydrogen-bond donors (Lipinski definition) is 1. The van der Waals surface area contributed by atoms with Crippen LogP contribution in [0.1, 0.15) is 69.8 Å². The molecule has 126 valence electrons. The smallest absolute Gasteiger partial charge is 0.226 e. The van der Waals surface area contributed by atoms with Gasteiger partial charge in [0.25, 0.3) is 0 Å². The minimum absolute atomic E-state index is 0.0119. The van der Waals surface area contributed by atoms with E-state index < -0.39 is 0 Å². The molecular weight excluding hydrogens is 294 g/mol. The van der Waals surface area contributed by atoms with Gasteiger partial charge in [-0.05, 0) is 32.4 Å². The molecule has 1 amide bonds. The molecule has 0 saturated heterocycles. The molecule has 0 aliphatic carbocycles. The maximum atomic E-state index is 12.0. The SMILES string of the molecule is Cc1ccc([C@H](C)NC(=O)CCCc2nc(C(C)(C)C)no2)o1. The van der Waals surface area contributed by atoms with Crippen LogP contribution in [0, 0.1) is 6.92 Å². The van der Waals surface area contributed by atoms with E-state index in [2.05, 4.69) is 15.5 Å². The molecular formula is C17H25N3O3. The normalized spacial score (nSPS) is 13.1. The van der Waals surface area contributed by atoms with Crippen LogP contribution in [-0.4, -0.2) is 16.0 Å². The van der Waals surface area contributed by atoms with E-state index in [-0.39, 0.29) is 17.4 Å². The molecule has 0 bridgehead atoms. The van der Waals surface area contributed by atoms with Crippen molar-refractivity contribution in [2.45, 2.75) is 65.3 Å². The van der Waals surface area contributed by atoms with Crippen LogP contribution in [-0.2, 0) is 16.6 Å². The number of amides is 1. The summed E-state index contributed by atoms with van der Waals surface area (Å²) in [5.74, 6) is 2.87. The molecule has 0 fully saturated rings. The average Bonchev–Trinajstić information content (AvgIpc) is 3.07. The van der Waals surface area contributed by atoms with Gasteiger partial charge in [0.2, 0.25) is 11.8 Å². The van der Waals surface area contributed by atoms with Gasteiger partial charge in [-0.15, -0.1) is 0 Å². The minimum atomic E-state index is -0.132. The number of aryl methyl sites for hydroxylation is 2. The number of carbonyl (C=O) groups is 1. The molecule has 2 aromatic heterocycles. The van der Waals surface area contributed by atoms with E-state index in [0.717, 1.165) is 11.5 Å². The first kappa shape index (κ1) is 17.2. The molecule has 6 heteroatoms. The summed E-state index contributed by atoms with van der Waals surface area (Å²) in [5, 5.41) is 6.90. The summed E-state index contributed by atoms with van der Waals surface area (Å²) in [6.07, 6.45) is 1.68. The van der Waals surface area contributed by atoms with Crippen molar-refractivity contribution in [3.63, 3.8) is 0 Å². The molecule has 0 unspecified atom stereocenters. The van der Waals surface area contributed by atoms with E-state index in [1.54, 1.807) is 0 Å². The molecule has 2 rings (SSSR count). The Labute approximate surface area is 136 Å². The first-order valence-corrected chi connectivity index (χ1v) is 7.94. The summed E-state index contributed by atoms with van der Waals surface area (Å²) < 4.78 is 10.7. The summed E-state index contributed by atoms with van der Waals surface area (Å²) in [6, 6.07) is 3.64. The fourth-order valence-electron chi connectivity index (χ4n) is 2.13. The Morgan fingerprint density at radius 2 is 2.09 bits per heavy atom. The number of nitrogens with one attached hydrogen (secondary N) is 1. The highest BCUT2D eigenvalue weighted by molar-refractivity contribution is 5.76. The minimum Gasteiger partial charge on any atom is -0.464 e. The zero-order chi connectivity index (χ0) is 17.0. The van der Waals surface area contributed by atoms with Gasteiger partial charge in [0.1, 0.15) is 11.5 Å². The van der Waals surface area contributed by atoms with Gasteiger partial charge >= 0.3 is 0 Å². The lowest BCUT2D eigenvalue weighted by Crippen LogP contribution is -2.26. The van der Waals surface area contributed by atoms with Gasteiger partial charge in [0.15, 0.2) is 5.82 Å². The van der Waals surface area contributed by atoms with Crippen molar-refractivity contribution in [2.24, 2.45) is 0 Å². The molecule has 0 saturated carbocycles. The summed E-state index contributed by atoms with van der Waals surface area (Å²) in [7, 11) is 0. The molecule has 0 radical (unpaired) electrons. The summed E-state index contributed by atoms with van der Waals surface area (Å²) >= 11 is 0. The second-order valence-electron chi connectivity index (χ2n) is 6.85. The van der Waals surface area contributed by atoms with Crippen LogP contribution in [0.3, 0.4) is 0 Å². The van der Waals surface area contributed by atoms with E-state index in [1.165, 1.54) is 0 Å². The van der Waals surface area contributed by atoms with Crippen LogP contribution in [0.25, 0.3) is 0 Å². The number of carbonyl (C=O) groups excluding carboxylic acids is 1. The molecule has 2 heterocycles. The average molecular weight is 319 g/mol. The van der Waals surface area contributed by atoms with E-state index in [4.69, 9.17) is 8.94 Å². The van der Waals surface area contributed by atoms with Gasteiger partial charge in [-0.2, -0.15) is 4.98 Å². The van der Waals surface area contributed by atoms with Crippen molar-refractivity contribution in [3.8, 4) is 0 Å². The van der Waals surface area contributed by atoms with Crippen molar-refractivity contribution in [2.75, 3.05) is 0 Å². The third kappa shape index (κ3) is 4.94. The van der Waals surface area contributed by atoms with Gasteiger partial charge < -0.3 is 14.3 Å². The van der Waals surface area contributed by atoms with Crippen molar-refractivity contribution < 1.29 is 13.7 Å². The highest BCUT2D eigenvalue weighted by Gasteiger charge is 2.21. The Morgan fingerprint density at radius 3 is 2.65 bits per heavy atom. The number of rotatable bonds is 6. The first-order valence-electron chi connectivity index (χ1n) is 7.94. The zero-order valence-corrected chi connectivity index (χ0v) is 14.5. The van der Waals surface area contributed by atoms with Crippen molar-refractivity contribution in [3.05, 3.63) is 35.4 Å². The standard InChI is InChI=1S/C17H25N3O3/c1-11-9-10-13(22-11)12(2)18-14(21)7-6-8-15-19-16(20-23-15)17(3,4)5/h9-10,12H,6-8H2,1-5H3,(H,18,21)/t12-/m0/s1. The zero-order valence-electron chi connectivity index (χ0n) is 14.5. The van der Waals surface area contributed by atoms with E-state index >= 15 is 0 Å². The fraction of sp³-hybridized carbons (Fsp3) is 0.588. The Bertz CT molecular complexity index is 652. The quantitative estimate of drug-likeness (QED) is 0.881. The third-order valence-electron chi connectivity index (χ3n) is 3.50. The van der Waals surface area contributed by atoms with Gasteiger partial charge in [0, 0.05) is 18.3 Å². The summed E-state index contributed by atoms with van der Waals surface area (Å²) in [4.78, 5) is 16.3. The molecule has 1 atom stereocenters. The molecule has 0 aliphatic heterocycles. The molecule has 0 spiro atoms. The highest BCUT2D eigenvalue weighted by atomic mass is 16.5. The largest absolute Gasteiger partial charge is 0.464 e. The van der Waals surface area contributed by atoms with Gasteiger partial charge in [0.05, 0.1) is 6.04 Å². The Balaban J connectivity index is 1.75. The van der Waals surface area contributed by atoms with Crippen LogP contribution in [0.4, 0.5) is 0 Å². The summed E-state index contributed by atoms with van der Waals surface area (Å²) in [6.45, 7) is 9.89. The van der Waals surface area contributed by atoms with Gasteiger partial charge in [-0.3, -0.25) is 4.79 Å². The van der Waals surface area contributed by atoms with Crippen molar-refractivity contribution in [1.82, 2.24) is 15.5 Å². The highest BCUT2D eigenvalue weighted by Crippen LogP contribution is 2.19. The van der Waals surface area contributed by atoms with Crippen LogP contribution in [0.15, 0.2) is 21.1 Å². The Hall–Kier alpha value is -2.11. The molecule has 0 aromatic carbocycles. The molecule has 23 heavy (non-hydrogen) atoms. The molecule has 6 nitrogen and oxygen atoms in total. The molecule has 1 N–H and O–H groups in total. The van der Waals surface area contributed by atoms with Crippen molar-refractivity contribution >= 4 is 5.91 Å². The Kier molecular flexibility index (Phi) is 5.23. The maximum Gasteiger partial charge on any atom is 0.226 e. The Morgan fingerprint density at radius 1 is 1.35 bits per heavy atom. The second-order valence-corrected chi connectivity index (χ2v) is 6.85. The lowest BCUT2D eigenvalue weighted by molar-refractivity contribution is -0.121. The number of aromatic nitrogens is 2. The topological polar surface area (TPSA) is 81.2 Å². The predicted molar refractivity (Wildman–Crippen MR) is 85.9 cm³/mol. The van der Waals surface area contributed by atoms with Crippen LogP contribution in [0.5, 0.6) is 0 Å². The predicted octanol–water partition coefficient (Wildman–Crippen LogP) is 3.47. The maximum absolute atomic E-state index is 12.0. The van der Waals surface area contributed by atoms with Gasteiger partial charge in [-0.1, -0.05) is 25.9 Å². The second kappa shape index (κ2) is 6.98. The van der Waals surface area contributed by atoms with E-state index in [0.29, 0.717) is 31.0 Å². The van der Waals surface area contributed by atoms with E-state index in [1.807, 2.05) is 46.8 Å². The fourth-order valence-corrected chi connectivity index (χ4v) is 2.13. The number of furan rings is 1. The number of nitrogens with zero attached hydrogens (tertiary/aromatic N) is 2. The van der Waals surface area contributed by atoms with Crippen LogP contribution in [0.2, 0.25) is 0 Å².